The summed E-state index contributed by atoms with van der Waals surface area (Å²) in [5.41, 5.74) is 0.525. The minimum atomic E-state index is -3.50. The van der Waals surface area contributed by atoms with Crippen LogP contribution < -0.4 is 5.32 Å². The fourth-order valence-electron chi connectivity index (χ4n) is 2.98. The second kappa shape index (κ2) is 9.29. The Bertz CT molecular complexity index is 762. The molecule has 1 aliphatic heterocycles. The first-order valence-electron chi connectivity index (χ1n) is 8.95. The van der Waals surface area contributed by atoms with Crippen molar-refractivity contribution in [3.8, 4) is 0 Å². The predicted molar refractivity (Wildman–Crippen MR) is 102 cm³/mol. The van der Waals surface area contributed by atoms with Crippen LogP contribution in [0, 0.1) is 5.92 Å². The SMILES string of the molecule is CCOC(=O)[C@@H]1CCCN(CC(=O)Nc2ccc(S(=O)(=O)N(C)C)cc2)C1. The molecule has 0 aliphatic carbocycles. The lowest BCUT2D eigenvalue weighted by Crippen LogP contribution is -2.43. The highest BCUT2D eigenvalue weighted by Crippen LogP contribution is 2.19. The fraction of sp³-hybridized carbons (Fsp3) is 0.556. The quantitative estimate of drug-likeness (QED) is 0.694. The average Bonchev–Trinajstić information content (AvgIpc) is 2.62. The molecule has 9 heteroatoms. The van der Waals surface area contributed by atoms with Crippen LogP contribution in [-0.2, 0) is 24.3 Å². The van der Waals surface area contributed by atoms with E-state index in [4.69, 9.17) is 4.74 Å². The van der Waals surface area contributed by atoms with Crippen LogP contribution in [0.1, 0.15) is 19.8 Å². The molecule has 1 amide bonds. The highest BCUT2D eigenvalue weighted by molar-refractivity contribution is 7.89. The van der Waals surface area contributed by atoms with Crippen LogP contribution in [0.5, 0.6) is 0 Å². The van der Waals surface area contributed by atoms with E-state index in [2.05, 4.69) is 5.32 Å². The standard InChI is InChI=1S/C18H27N3O5S/c1-4-26-18(23)14-6-5-11-21(12-14)13-17(22)19-15-7-9-16(10-8-15)27(24,25)20(2)3/h7-10,14H,4-6,11-13H2,1-3H3,(H,19,22)/t14-/m1/s1. The Morgan fingerprint density at radius 1 is 1.26 bits per heavy atom. The number of hydrogen-bond donors (Lipinski definition) is 1. The van der Waals surface area contributed by atoms with Crippen molar-refractivity contribution in [3.63, 3.8) is 0 Å². The number of ether oxygens (including phenoxy) is 1. The molecular weight excluding hydrogens is 370 g/mol. The van der Waals surface area contributed by atoms with Gasteiger partial charge in [-0.25, -0.2) is 12.7 Å². The van der Waals surface area contributed by atoms with E-state index < -0.39 is 10.0 Å². The second-order valence-electron chi connectivity index (χ2n) is 6.69. The summed E-state index contributed by atoms with van der Waals surface area (Å²) in [6.45, 7) is 3.57. The van der Waals surface area contributed by atoms with E-state index in [0.29, 0.717) is 18.8 Å². The summed E-state index contributed by atoms with van der Waals surface area (Å²) in [6, 6.07) is 6.04. The van der Waals surface area contributed by atoms with Crippen molar-refractivity contribution < 1.29 is 22.7 Å². The molecular formula is C18H27N3O5S. The van der Waals surface area contributed by atoms with Crippen molar-refractivity contribution in [2.75, 3.05) is 45.7 Å². The van der Waals surface area contributed by atoms with Crippen LogP contribution in [0.25, 0.3) is 0 Å². The Kier molecular flexibility index (Phi) is 7.34. The van der Waals surface area contributed by atoms with Crippen molar-refractivity contribution in [3.05, 3.63) is 24.3 Å². The molecule has 27 heavy (non-hydrogen) atoms. The summed E-state index contributed by atoms with van der Waals surface area (Å²) in [6.07, 6.45) is 1.62. The van der Waals surface area contributed by atoms with Crippen LogP contribution in [0.15, 0.2) is 29.2 Å². The zero-order valence-corrected chi connectivity index (χ0v) is 16.8. The Hall–Kier alpha value is -1.97. The maximum Gasteiger partial charge on any atom is 0.310 e. The molecule has 0 spiro atoms. The molecule has 0 bridgehead atoms. The number of nitrogens with zero attached hydrogens (tertiary/aromatic N) is 2. The zero-order valence-electron chi connectivity index (χ0n) is 16.0. The number of likely N-dealkylation sites (tertiary alicyclic amines) is 1. The van der Waals surface area contributed by atoms with Crippen molar-refractivity contribution >= 4 is 27.6 Å². The van der Waals surface area contributed by atoms with Gasteiger partial charge in [0.2, 0.25) is 15.9 Å². The third-order valence-electron chi connectivity index (χ3n) is 4.41. The molecule has 1 fully saturated rings. The zero-order chi connectivity index (χ0) is 20.0. The van der Waals surface area contributed by atoms with Crippen LogP contribution in [-0.4, -0.2) is 69.8 Å². The topological polar surface area (TPSA) is 96.0 Å². The molecule has 1 heterocycles. The van der Waals surface area contributed by atoms with Gasteiger partial charge in [0.25, 0.3) is 0 Å². The third kappa shape index (κ3) is 5.75. The van der Waals surface area contributed by atoms with Gasteiger partial charge >= 0.3 is 5.97 Å². The Morgan fingerprint density at radius 3 is 2.52 bits per heavy atom. The molecule has 0 radical (unpaired) electrons. The largest absolute Gasteiger partial charge is 0.466 e. The normalized spacial score (nSPS) is 18.3. The number of carbonyl (C=O) groups excluding carboxylic acids is 2. The lowest BCUT2D eigenvalue weighted by molar-refractivity contribution is -0.150. The number of nitrogens with one attached hydrogen (secondary N) is 1. The van der Waals surface area contributed by atoms with Gasteiger partial charge < -0.3 is 10.1 Å². The number of hydrogen-bond acceptors (Lipinski definition) is 6. The fourth-order valence-corrected chi connectivity index (χ4v) is 3.88. The number of amides is 1. The van der Waals surface area contributed by atoms with Crippen LogP contribution in [0.2, 0.25) is 0 Å². The highest BCUT2D eigenvalue weighted by atomic mass is 32.2. The Morgan fingerprint density at radius 2 is 1.93 bits per heavy atom. The van der Waals surface area contributed by atoms with Crippen LogP contribution in [0.4, 0.5) is 5.69 Å². The molecule has 1 atom stereocenters. The molecule has 1 N–H and O–H groups in total. The number of anilines is 1. The Balaban J connectivity index is 1.91. The lowest BCUT2D eigenvalue weighted by atomic mass is 9.98. The molecule has 1 aromatic rings. The van der Waals surface area contributed by atoms with Crippen LogP contribution in [0.3, 0.4) is 0 Å². The van der Waals surface area contributed by atoms with Crippen molar-refractivity contribution in [1.82, 2.24) is 9.21 Å². The number of sulfonamides is 1. The lowest BCUT2D eigenvalue weighted by Gasteiger charge is -2.30. The predicted octanol–water partition coefficient (Wildman–Crippen LogP) is 1.15. The van der Waals surface area contributed by atoms with Crippen LogP contribution >= 0.6 is 0 Å². The average molecular weight is 397 g/mol. The van der Waals surface area contributed by atoms with Crippen molar-refractivity contribution in [2.24, 2.45) is 5.92 Å². The van der Waals surface area contributed by atoms with Crippen molar-refractivity contribution in [1.29, 1.82) is 0 Å². The summed E-state index contributed by atoms with van der Waals surface area (Å²) in [4.78, 5) is 26.3. The van der Waals surface area contributed by atoms with Gasteiger partial charge in [-0.3, -0.25) is 14.5 Å². The smallest absolute Gasteiger partial charge is 0.310 e. The Labute approximate surface area is 160 Å². The molecule has 0 unspecified atom stereocenters. The summed E-state index contributed by atoms with van der Waals surface area (Å²) in [5, 5.41) is 2.76. The van der Waals surface area contributed by atoms with E-state index in [-0.39, 0.29) is 29.2 Å². The number of piperidine rings is 1. The van der Waals surface area contributed by atoms with Gasteiger partial charge in [-0.15, -0.1) is 0 Å². The second-order valence-corrected chi connectivity index (χ2v) is 8.84. The first-order valence-corrected chi connectivity index (χ1v) is 10.4. The van der Waals surface area contributed by atoms with Gasteiger partial charge in [0.05, 0.1) is 24.0 Å². The first kappa shape index (κ1) is 21.3. The van der Waals surface area contributed by atoms with Gasteiger partial charge in [0, 0.05) is 26.3 Å². The number of rotatable bonds is 7. The summed E-state index contributed by atoms with van der Waals surface area (Å²) >= 11 is 0. The maximum atomic E-state index is 12.3. The van der Waals surface area contributed by atoms with E-state index in [1.54, 1.807) is 19.1 Å². The summed E-state index contributed by atoms with van der Waals surface area (Å²) < 4.78 is 30.3. The maximum absolute atomic E-state index is 12.3. The van der Waals surface area contributed by atoms with Gasteiger partial charge in [0.1, 0.15) is 0 Å². The summed E-state index contributed by atoms with van der Waals surface area (Å²) in [5.74, 6) is -0.606. The van der Waals surface area contributed by atoms with E-state index in [9.17, 15) is 18.0 Å². The minimum Gasteiger partial charge on any atom is -0.466 e. The molecule has 1 aliphatic rings. The first-order chi connectivity index (χ1) is 12.7. The van der Waals surface area contributed by atoms with E-state index in [1.165, 1.54) is 26.2 Å². The highest BCUT2D eigenvalue weighted by Gasteiger charge is 2.27. The minimum absolute atomic E-state index is 0.166. The molecule has 0 saturated carbocycles. The summed E-state index contributed by atoms with van der Waals surface area (Å²) in [7, 11) is -0.564. The van der Waals surface area contributed by atoms with E-state index >= 15 is 0 Å². The number of carbonyl (C=O) groups is 2. The molecule has 8 nitrogen and oxygen atoms in total. The van der Waals surface area contributed by atoms with Crippen molar-refractivity contribution in [2.45, 2.75) is 24.7 Å². The van der Waals surface area contributed by atoms with Gasteiger partial charge in [-0.1, -0.05) is 0 Å². The van der Waals surface area contributed by atoms with Gasteiger partial charge in [0.15, 0.2) is 0 Å². The third-order valence-corrected chi connectivity index (χ3v) is 6.24. The monoisotopic (exact) mass is 397 g/mol. The van der Waals surface area contributed by atoms with E-state index in [1.807, 2.05) is 4.90 Å². The molecule has 1 aromatic carbocycles. The van der Waals surface area contributed by atoms with Gasteiger partial charge in [-0.2, -0.15) is 0 Å². The molecule has 2 rings (SSSR count). The molecule has 150 valence electrons. The number of benzene rings is 1. The van der Waals surface area contributed by atoms with E-state index in [0.717, 1.165) is 23.7 Å². The van der Waals surface area contributed by atoms with Gasteiger partial charge in [-0.05, 0) is 50.6 Å². The number of esters is 1. The molecule has 0 aromatic heterocycles. The molecule has 1 saturated heterocycles.